The molecule has 2 atom stereocenters. The number of rotatable bonds is 4. The molecule has 2 unspecified atom stereocenters. The van der Waals surface area contributed by atoms with Gasteiger partial charge < -0.3 is 5.73 Å². The van der Waals surface area contributed by atoms with Crippen molar-refractivity contribution in [2.45, 2.75) is 45.1 Å². The molecular formula is C22H24N2O2. The van der Waals surface area contributed by atoms with Crippen LogP contribution >= 0.6 is 0 Å². The fourth-order valence-corrected chi connectivity index (χ4v) is 4.55. The van der Waals surface area contributed by atoms with Gasteiger partial charge in [-0.05, 0) is 46.7 Å². The molecule has 26 heavy (non-hydrogen) atoms. The summed E-state index contributed by atoms with van der Waals surface area (Å²) in [6, 6.07) is 12.3. The number of nitrogens with zero attached hydrogens (tertiary/aromatic N) is 1. The molecule has 2 aromatic rings. The Balaban J connectivity index is 2.04. The van der Waals surface area contributed by atoms with E-state index in [2.05, 4.69) is 31.2 Å². The van der Waals surface area contributed by atoms with E-state index in [1.54, 1.807) is 0 Å². The fourth-order valence-electron chi connectivity index (χ4n) is 4.55. The van der Waals surface area contributed by atoms with Gasteiger partial charge in [0.05, 0.1) is 16.1 Å². The van der Waals surface area contributed by atoms with E-state index >= 15 is 0 Å². The van der Waals surface area contributed by atoms with E-state index in [9.17, 15) is 10.1 Å². The van der Waals surface area contributed by atoms with Crippen LogP contribution in [0.25, 0.3) is 22.9 Å². The second kappa shape index (κ2) is 6.69. The van der Waals surface area contributed by atoms with E-state index in [1.165, 1.54) is 11.1 Å². The number of benzene rings is 2. The highest BCUT2D eigenvalue weighted by Crippen LogP contribution is 2.33. The van der Waals surface area contributed by atoms with Crippen molar-refractivity contribution in [3.05, 3.63) is 68.1 Å². The monoisotopic (exact) mass is 348 g/mol. The summed E-state index contributed by atoms with van der Waals surface area (Å²) in [6.07, 6.45) is 6.48. The third kappa shape index (κ3) is 2.65. The molecule has 0 saturated heterocycles. The Hall–Kier alpha value is -2.46. The first-order valence-corrected chi connectivity index (χ1v) is 9.47. The van der Waals surface area contributed by atoms with Crippen LogP contribution in [0.2, 0.25) is 0 Å². The molecule has 4 heteroatoms. The van der Waals surface area contributed by atoms with Crippen LogP contribution in [0.15, 0.2) is 36.4 Å². The van der Waals surface area contributed by atoms with Gasteiger partial charge in [-0.1, -0.05) is 62.2 Å². The number of hydrogen-bond donors (Lipinski definition) is 1. The van der Waals surface area contributed by atoms with Crippen molar-refractivity contribution in [3.63, 3.8) is 0 Å². The minimum Gasteiger partial charge on any atom is -0.324 e. The molecule has 4 rings (SSSR count). The zero-order chi connectivity index (χ0) is 18.3. The van der Waals surface area contributed by atoms with Crippen molar-refractivity contribution in [3.8, 4) is 11.1 Å². The van der Waals surface area contributed by atoms with Crippen molar-refractivity contribution in [1.82, 2.24) is 0 Å². The van der Waals surface area contributed by atoms with Crippen molar-refractivity contribution in [2.24, 2.45) is 11.7 Å². The number of nitro groups is 1. The summed E-state index contributed by atoms with van der Waals surface area (Å²) in [6.45, 7) is 2.12. The summed E-state index contributed by atoms with van der Waals surface area (Å²) in [5.74, 6) is -0.0653. The lowest BCUT2D eigenvalue weighted by molar-refractivity contribution is -0.387. The molecule has 0 fully saturated rings. The molecule has 0 aliphatic heterocycles. The highest BCUT2D eigenvalue weighted by atomic mass is 16.6. The highest BCUT2D eigenvalue weighted by molar-refractivity contribution is 5.74. The SMILES string of the molecule is CCCCC1CC(N)c2ccc3c(c2=C1[N+](=O)[O-])=CCc1ccccc1-3. The summed E-state index contributed by atoms with van der Waals surface area (Å²) >= 11 is 0. The average Bonchev–Trinajstić information content (AvgIpc) is 2.65. The minimum atomic E-state index is -0.153. The Bertz CT molecular complexity index is 994. The van der Waals surface area contributed by atoms with Crippen LogP contribution in [0.5, 0.6) is 0 Å². The van der Waals surface area contributed by atoms with Crippen LogP contribution in [0.4, 0.5) is 0 Å². The van der Waals surface area contributed by atoms with Gasteiger partial charge in [0, 0.05) is 6.04 Å². The zero-order valence-corrected chi connectivity index (χ0v) is 15.1. The van der Waals surface area contributed by atoms with Crippen molar-refractivity contribution in [2.75, 3.05) is 0 Å². The smallest absolute Gasteiger partial charge is 0.257 e. The van der Waals surface area contributed by atoms with Gasteiger partial charge in [-0.2, -0.15) is 0 Å². The van der Waals surface area contributed by atoms with Gasteiger partial charge in [0.25, 0.3) is 5.70 Å². The Kier molecular flexibility index (Phi) is 4.37. The summed E-state index contributed by atoms with van der Waals surface area (Å²) in [5.41, 5.74) is 11.3. The van der Waals surface area contributed by atoms with Gasteiger partial charge in [0.1, 0.15) is 0 Å². The van der Waals surface area contributed by atoms with Crippen LogP contribution in [0.1, 0.15) is 49.8 Å². The lowest BCUT2D eigenvalue weighted by Crippen LogP contribution is -2.43. The van der Waals surface area contributed by atoms with Crippen LogP contribution in [0.3, 0.4) is 0 Å². The summed E-state index contributed by atoms with van der Waals surface area (Å²) in [5, 5.41) is 13.8. The van der Waals surface area contributed by atoms with Gasteiger partial charge in [-0.15, -0.1) is 0 Å². The Labute approximate surface area is 153 Å². The molecule has 0 saturated carbocycles. The third-order valence-corrected chi connectivity index (χ3v) is 5.79. The van der Waals surface area contributed by atoms with Gasteiger partial charge >= 0.3 is 0 Å². The van der Waals surface area contributed by atoms with E-state index in [-0.39, 0.29) is 16.9 Å². The number of unbranched alkanes of at least 4 members (excludes halogenated alkanes) is 1. The van der Waals surface area contributed by atoms with Crippen molar-refractivity contribution in [1.29, 1.82) is 0 Å². The Morgan fingerprint density at radius 3 is 2.77 bits per heavy atom. The molecule has 0 bridgehead atoms. The molecule has 2 aliphatic carbocycles. The van der Waals surface area contributed by atoms with Gasteiger partial charge in [-0.3, -0.25) is 10.1 Å². The van der Waals surface area contributed by atoms with E-state index in [1.807, 2.05) is 18.2 Å². The highest BCUT2D eigenvalue weighted by Gasteiger charge is 2.34. The first kappa shape index (κ1) is 17.0. The van der Waals surface area contributed by atoms with E-state index in [0.29, 0.717) is 12.1 Å². The standard InChI is InChI=1S/C22H24N2O2/c1-2-3-6-15-13-20(23)19-12-11-17-16-8-5-4-7-14(16)9-10-18(17)21(19)22(15)24(25)26/h4-5,7-8,10-12,15,20H,2-3,6,9,13,23H2,1H3. The molecule has 0 amide bonds. The Morgan fingerprint density at radius 2 is 2.00 bits per heavy atom. The largest absolute Gasteiger partial charge is 0.324 e. The normalized spacial score (nSPS) is 20.6. The molecule has 0 radical (unpaired) electrons. The Morgan fingerprint density at radius 1 is 1.19 bits per heavy atom. The van der Waals surface area contributed by atoms with Crippen LogP contribution in [-0.4, -0.2) is 4.92 Å². The topological polar surface area (TPSA) is 69.2 Å². The molecule has 4 nitrogen and oxygen atoms in total. The first-order valence-electron chi connectivity index (χ1n) is 9.47. The minimum absolute atomic E-state index is 0.0653. The van der Waals surface area contributed by atoms with Crippen LogP contribution in [-0.2, 0) is 6.42 Å². The molecule has 0 heterocycles. The van der Waals surface area contributed by atoms with Crippen molar-refractivity contribution >= 4 is 11.8 Å². The van der Waals surface area contributed by atoms with Gasteiger partial charge in [0.15, 0.2) is 0 Å². The van der Waals surface area contributed by atoms with Gasteiger partial charge in [0.2, 0.25) is 0 Å². The maximum Gasteiger partial charge on any atom is 0.257 e. The third-order valence-electron chi connectivity index (χ3n) is 5.79. The molecule has 134 valence electrons. The molecule has 0 aromatic heterocycles. The number of hydrogen-bond acceptors (Lipinski definition) is 3. The fraction of sp³-hybridized carbons (Fsp3) is 0.364. The first-order chi connectivity index (χ1) is 12.6. The lowest BCUT2D eigenvalue weighted by Gasteiger charge is -2.26. The van der Waals surface area contributed by atoms with Crippen LogP contribution < -0.4 is 16.2 Å². The second-order valence-corrected chi connectivity index (χ2v) is 7.38. The summed E-state index contributed by atoms with van der Waals surface area (Å²) < 4.78 is 0. The lowest BCUT2D eigenvalue weighted by atomic mass is 9.79. The van der Waals surface area contributed by atoms with Gasteiger partial charge in [-0.25, -0.2) is 0 Å². The summed E-state index contributed by atoms with van der Waals surface area (Å²) in [7, 11) is 0. The molecule has 0 spiro atoms. The second-order valence-electron chi connectivity index (χ2n) is 7.38. The van der Waals surface area contributed by atoms with Crippen LogP contribution in [0, 0.1) is 16.0 Å². The summed E-state index contributed by atoms with van der Waals surface area (Å²) in [4.78, 5) is 11.9. The maximum atomic E-state index is 12.0. The predicted octanol–water partition coefficient (Wildman–Crippen LogP) is 3.29. The molecular weight excluding hydrogens is 324 g/mol. The molecule has 2 aliphatic rings. The number of nitrogens with two attached hydrogens (primary N) is 1. The van der Waals surface area contributed by atoms with E-state index in [0.717, 1.165) is 47.2 Å². The van der Waals surface area contributed by atoms with E-state index < -0.39 is 0 Å². The predicted molar refractivity (Wildman–Crippen MR) is 104 cm³/mol. The zero-order valence-electron chi connectivity index (χ0n) is 15.1. The van der Waals surface area contributed by atoms with E-state index in [4.69, 9.17) is 5.73 Å². The molecule has 2 N–H and O–H groups in total. The van der Waals surface area contributed by atoms with Crippen molar-refractivity contribution < 1.29 is 4.92 Å². The average molecular weight is 348 g/mol. The quantitative estimate of drug-likeness (QED) is 0.681. The molecule has 2 aromatic carbocycles. The maximum absolute atomic E-state index is 12.0. The number of fused-ring (bicyclic) bond motifs is 5.